The van der Waals surface area contributed by atoms with Crippen LogP contribution in [0.1, 0.15) is 17.0 Å². The fourth-order valence-corrected chi connectivity index (χ4v) is 3.86. The first-order chi connectivity index (χ1) is 17.4. The Morgan fingerprint density at radius 1 is 1.14 bits per heavy atom. The minimum atomic E-state index is -5.30. The molecule has 0 aromatic heterocycles. The van der Waals surface area contributed by atoms with E-state index in [1.165, 1.54) is 12.1 Å². The van der Waals surface area contributed by atoms with Gasteiger partial charge in [-0.3, -0.25) is 15.0 Å². The molecular formula is C23H16F4N4O6. The average Bonchev–Trinajstić information content (AvgIpc) is 2.86. The number of carbonyl (C=O) groups is 2. The van der Waals surface area contributed by atoms with E-state index >= 15 is 0 Å². The number of carbonyl (C=O) groups excluding carboxylic acids is 2. The quantitative estimate of drug-likeness (QED) is 0.270. The van der Waals surface area contributed by atoms with Gasteiger partial charge in [0, 0.05) is 12.1 Å². The van der Waals surface area contributed by atoms with Crippen molar-refractivity contribution in [2.24, 2.45) is 5.73 Å². The number of nitriles is 1. The number of nitrogens with zero attached hydrogens (tertiary/aromatic N) is 3. The number of allylic oxidation sites excluding steroid dienone is 1. The molecule has 2 aromatic rings. The van der Waals surface area contributed by atoms with Crippen LogP contribution in [0.25, 0.3) is 0 Å². The lowest BCUT2D eigenvalue weighted by Crippen LogP contribution is -2.41. The maximum Gasteiger partial charge on any atom is 0.419 e. The van der Waals surface area contributed by atoms with Crippen LogP contribution in [0.4, 0.5) is 28.9 Å². The first-order valence-electron chi connectivity index (χ1n) is 10.1. The number of rotatable bonds is 5. The Kier molecular flexibility index (Phi) is 7.19. The van der Waals surface area contributed by atoms with Crippen molar-refractivity contribution in [2.45, 2.75) is 12.1 Å². The lowest BCUT2D eigenvalue weighted by Gasteiger charge is -2.35. The van der Waals surface area contributed by atoms with Crippen LogP contribution in [0.3, 0.4) is 0 Å². The molecule has 0 radical (unpaired) electrons. The van der Waals surface area contributed by atoms with Crippen molar-refractivity contribution < 1.29 is 41.5 Å². The molecule has 0 bridgehead atoms. The molecule has 2 aromatic carbocycles. The second kappa shape index (κ2) is 9.97. The minimum Gasteiger partial charge on any atom is -0.466 e. The van der Waals surface area contributed by atoms with E-state index in [1.807, 2.05) is 0 Å². The number of benzene rings is 2. The lowest BCUT2D eigenvalue weighted by atomic mass is 9.81. The summed E-state index contributed by atoms with van der Waals surface area (Å²) in [6, 6.07) is 9.51. The zero-order valence-electron chi connectivity index (χ0n) is 19.0. The number of halogens is 4. The van der Waals surface area contributed by atoms with Gasteiger partial charge in [0.1, 0.15) is 23.0 Å². The lowest BCUT2D eigenvalue weighted by molar-refractivity contribution is -0.384. The largest absolute Gasteiger partial charge is 0.466 e. The Morgan fingerprint density at radius 2 is 1.73 bits per heavy atom. The molecule has 0 saturated heterocycles. The van der Waals surface area contributed by atoms with Gasteiger partial charge in [0.25, 0.3) is 5.69 Å². The average molecular weight is 520 g/mol. The van der Waals surface area contributed by atoms with Crippen LogP contribution >= 0.6 is 0 Å². The number of nitro groups is 1. The van der Waals surface area contributed by atoms with Crippen LogP contribution in [0.15, 0.2) is 65.1 Å². The molecule has 1 aliphatic heterocycles. The van der Waals surface area contributed by atoms with E-state index in [2.05, 4.69) is 0 Å². The van der Waals surface area contributed by atoms with E-state index in [1.54, 1.807) is 24.3 Å². The predicted molar refractivity (Wildman–Crippen MR) is 118 cm³/mol. The van der Waals surface area contributed by atoms with Gasteiger partial charge in [-0.2, -0.15) is 18.4 Å². The summed E-state index contributed by atoms with van der Waals surface area (Å²) in [5.74, 6) is -6.48. The number of nitrogens with two attached hydrogens (primary N) is 1. The topological polar surface area (TPSA) is 149 Å². The van der Waals surface area contributed by atoms with Gasteiger partial charge in [0.05, 0.1) is 47.8 Å². The molecule has 0 spiro atoms. The van der Waals surface area contributed by atoms with Crippen LogP contribution in [-0.2, 0) is 25.2 Å². The maximum atomic E-state index is 14.6. The predicted octanol–water partition coefficient (Wildman–Crippen LogP) is 3.65. The highest BCUT2D eigenvalue weighted by atomic mass is 19.4. The molecule has 3 rings (SSSR count). The van der Waals surface area contributed by atoms with Crippen molar-refractivity contribution in [1.82, 2.24) is 0 Å². The molecule has 2 N–H and O–H groups in total. The molecule has 192 valence electrons. The normalized spacial score (nSPS) is 15.8. The van der Waals surface area contributed by atoms with E-state index in [-0.39, 0.29) is 17.7 Å². The molecular weight excluding hydrogens is 504 g/mol. The third-order valence-electron chi connectivity index (χ3n) is 5.42. The highest BCUT2D eigenvalue weighted by Gasteiger charge is 2.46. The molecule has 0 fully saturated rings. The maximum absolute atomic E-state index is 14.6. The Hall–Kier alpha value is -4.93. The van der Waals surface area contributed by atoms with Crippen LogP contribution in [0.2, 0.25) is 0 Å². The van der Waals surface area contributed by atoms with Gasteiger partial charge < -0.3 is 15.2 Å². The van der Waals surface area contributed by atoms with Gasteiger partial charge in [-0.1, -0.05) is 30.3 Å². The highest BCUT2D eigenvalue weighted by Crippen LogP contribution is 2.46. The highest BCUT2D eigenvalue weighted by molar-refractivity contribution is 6.06. The van der Waals surface area contributed by atoms with Gasteiger partial charge in [0.2, 0.25) is 0 Å². The summed E-state index contributed by atoms with van der Waals surface area (Å²) in [6.45, 7) is 0. The van der Waals surface area contributed by atoms with Gasteiger partial charge in [-0.05, 0) is 5.56 Å². The summed E-state index contributed by atoms with van der Waals surface area (Å²) in [5, 5.41) is 21.7. The Morgan fingerprint density at radius 3 is 2.22 bits per heavy atom. The molecule has 1 atom stereocenters. The smallest absolute Gasteiger partial charge is 0.419 e. The number of hydrogen-bond acceptors (Lipinski definition) is 9. The van der Waals surface area contributed by atoms with Crippen LogP contribution < -0.4 is 10.6 Å². The van der Waals surface area contributed by atoms with Crippen molar-refractivity contribution >= 4 is 23.3 Å². The van der Waals surface area contributed by atoms with Gasteiger partial charge >= 0.3 is 18.1 Å². The van der Waals surface area contributed by atoms with Crippen molar-refractivity contribution in [1.29, 1.82) is 5.26 Å². The van der Waals surface area contributed by atoms with Crippen molar-refractivity contribution in [3.05, 3.63) is 92.2 Å². The van der Waals surface area contributed by atoms with Crippen molar-refractivity contribution in [3.63, 3.8) is 0 Å². The summed E-state index contributed by atoms with van der Waals surface area (Å²) < 4.78 is 63.9. The SMILES string of the molecule is COC(=O)C1=C(C(=O)OC)N(c2cc(F)c(C(F)(F)F)cc2[N+](=O)[O-])C(N)=C(C#N)C1c1ccccc1. The third kappa shape index (κ3) is 4.66. The third-order valence-corrected chi connectivity index (χ3v) is 5.42. The number of ether oxygens (including phenoxy) is 2. The van der Waals surface area contributed by atoms with Crippen LogP contribution in [-0.4, -0.2) is 31.1 Å². The van der Waals surface area contributed by atoms with Crippen molar-refractivity contribution in [2.75, 3.05) is 19.1 Å². The molecule has 1 heterocycles. The van der Waals surface area contributed by atoms with Crippen LogP contribution in [0, 0.1) is 27.3 Å². The zero-order chi connectivity index (χ0) is 27.7. The van der Waals surface area contributed by atoms with Crippen LogP contribution in [0.5, 0.6) is 0 Å². The minimum absolute atomic E-state index is 0.0833. The standard InChI is InChI=1S/C23H16F4N4O6/c1-36-21(32)18-17(11-6-4-3-5-7-11)12(10-28)20(29)30(19(18)22(33)37-2)15-9-14(24)13(23(25,26)27)8-16(15)31(34)35/h3-9,17H,29H2,1-2H3. The Labute approximate surface area is 205 Å². The summed E-state index contributed by atoms with van der Waals surface area (Å²) in [7, 11) is 1.84. The first-order valence-corrected chi connectivity index (χ1v) is 10.1. The number of alkyl halides is 3. The van der Waals surface area contributed by atoms with Crippen molar-refractivity contribution in [3.8, 4) is 6.07 Å². The van der Waals surface area contributed by atoms with Gasteiger partial charge in [-0.25, -0.2) is 14.0 Å². The molecule has 14 heteroatoms. The van der Waals surface area contributed by atoms with Gasteiger partial charge in [-0.15, -0.1) is 0 Å². The summed E-state index contributed by atoms with van der Waals surface area (Å²) in [4.78, 5) is 36.8. The summed E-state index contributed by atoms with van der Waals surface area (Å²) >= 11 is 0. The molecule has 37 heavy (non-hydrogen) atoms. The second-order valence-corrected chi connectivity index (χ2v) is 7.41. The fourth-order valence-electron chi connectivity index (χ4n) is 3.86. The van der Waals surface area contributed by atoms with E-state index in [0.717, 1.165) is 14.2 Å². The second-order valence-electron chi connectivity index (χ2n) is 7.41. The number of anilines is 1. The first kappa shape index (κ1) is 26.7. The van der Waals surface area contributed by atoms with Gasteiger partial charge in [0.15, 0.2) is 0 Å². The monoisotopic (exact) mass is 520 g/mol. The molecule has 1 unspecified atom stereocenters. The number of esters is 2. The number of nitro benzene ring substituents is 1. The fraction of sp³-hybridized carbons (Fsp3) is 0.174. The Bertz CT molecular complexity index is 1400. The zero-order valence-corrected chi connectivity index (χ0v) is 19.0. The molecule has 10 nitrogen and oxygen atoms in total. The number of hydrogen-bond donors (Lipinski definition) is 1. The van der Waals surface area contributed by atoms with E-state index in [4.69, 9.17) is 15.2 Å². The molecule has 0 amide bonds. The van der Waals surface area contributed by atoms with E-state index in [0.29, 0.717) is 4.90 Å². The summed E-state index contributed by atoms with van der Waals surface area (Å²) in [6.07, 6.45) is -5.30. The number of methoxy groups -OCH3 is 2. The summed E-state index contributed by atoms with van der Waals surface area (Å²) in [5.41, 5.74) is 0.369. The molecule has 1 aliphatic rings. The van der Waals surface area contributed by atoms with E-state index in [9.17, 15) is 42.5 Å². The molecule has 0 saturated carbocycles. The van der Waals surface area contributed by atoms with E-state index < -0.39 is 74.4 Å². The molecule has 0 aliphatic carbocycles. The Balaban J connectivity index is 2.52.